The molecule has 5 nitrogen and oxygen atoms in total. The van der Waals surface area contributed by atoms with Gasteiger partial charge in [-0.05, 0) is 54.7 Å². The summed E-state index contributed by atoms with van der Waals surface area (Å²) in [6.45, 7) is 1.81. The summed E-state index contributed by atoms with van der Waals surface area (Å²) in [6.07, 6.45) is 3.63. The van der Waals surface area contributed by atoms with E-state index < -0.39 is 5.41 Å². The molecule has 2 aliphatic rings. The molecule has 0 spiro atoms. The lowest BCUT2D eigenvalue weighted by Crippen LogP contribution is -2.55. The molecule has 0 radical (unpaired) electrons. The van der Waals surface area contributed by atoms with E-state index in [0.717, 1.165) is 31.2 Å². The average molecular weight is 413 g/mol. The first-order chi connectivity index (χ1) is 14.1. The van der Waals surface area contributed by atoms with Crippen molar-refractivity contribution in [3.05, 3.63) is 47.3 Å². The summed E-state index contributed by atoms with van der Waals surface area (Å²) < 4.78 is 5.60. The molecule has 1 aromatic carbocycles. The number of amides is 2. The van der Waals surface area contributed by atoms with Gasteiger partial charge in [0, 0.05) is 31.6 Å². The molecule has 29 heavy (non-hydrogen) atoms. The molecular formula is C23H28N2O3S. The molecule has 3 heterocycles. The molecule has 0 aliphatic carbocycles. The number of piperidine rings is 1. The number of rotatable bonds is 5. The van der Waals surface area contributed by atoms with E-state index in [1.54, 1.807) is 18.4 Å². The van der Waals surface area contributed by atoms with Gasteiger partial charge in [-0.15, -0.1) is 11.3 Å². The lowest BCUT2D eigenvalue weighted by Gasteiger charge is -2.42. The Balaban J connectivity index is 1.53. The van der Waals surface area contributed by atoms with Crippen LogP contribution < -0.4 is 5.32 Å². The van der Waals surface area contributed by atoms with Gasteiger partial charge in [0.05, 0.1) is 5.41 Å². The maximum Gasteiger partial charge on any atom is 0.251 e. The van der Waals surface area contributed by atoms with E-state index in [-0.39, 0.29) is 17.9 Å². The molecule has 0 bridgehead atoms. The highest BCUT2D eigenvalue weighted by molar-refractivity contribution is 7.13. The minimum Gasteiger partial charge on any atom is -0.368 e. The summed E-state index contributed by atoms with van der Waals surface area (Å²) >= 11 is 1.72. The van der Waals surface area contributed by atoms with Gasteiger partial charge in [-0.2, -0.15) is 0 Å². The Morgan fingerprint density at radius 2 is 2.07 bits per heavy atom. The molecule has 0 unspecified atom stereocenters. The van der Waals surface area contributed by atoms with Crippen molar-refractivity contribution in [1.29, 1.82) is 0 Å². The number of benzene rings is 1. The topological polar surface area (TPSA) is 58.6 Å². The zero-order valence-electron chi connectivity index (χ0n) is 16.9. The van der Waals surface area contributed by atoms with E-state index in [4.69, 9.17) is 4.74 Å². The third-order valence-corrected chi connectivity index (χ3v) is 7.02. The quantitative estimate of drug-likeness (QED) is 0.818. The average Bonchev–Trinajstić information content (AvgIpc) is 3.47. The second-order valence-electron chi connectivity index (χ2n) is 8.08. The van der Waals surface area contributed by atoms with Gasteiger partial charge in [0.2, 0.25) is 5.91 Å². The van der Waals surface area contributed by atoms with Gasteiger partial charge in [-0.3, -0.25) is 9.59 Å². The second kappa shape index (κ2) is 8.67. The largest absolute Gasteiger partial charge is 0.368 e. The van der Waals surface area contributed by atoms with Crippen LogP contribution in [0, 0.1) is 5.41 Å². The van der Waals surface area contributed by atoms with Crippen LogP contribution in [0.2, 0.25) is 0 Å². The first-order valence-corrected chi connectivity index (χ1v) is 11.2. The number of nitrogens with zero attached hydrogens (tertiary/aromatic N) is 1. The summed E-state index contributed by atoms with van der Waals surface area (Å²) in [5, 5.41) is 4.93. The van der Waals surface area contributed by atoms with Crippen LogP contribution in [0.1, 0.15) is 31.2 Å². The number of hydrogen-bond acceptors (Lipinski definition) is 4. The molecule has 0 saturated carbocycles. The monoisotopic (exact) mass is 412 g/mol. The third-order valence-electron chi connectivity index (χ3n) is 6.10. The lowest BCUT2D eigenvalue weighted by atomic mass is 9.74. The lowest BCUT2D eigenvalue weighted by molar-refractivity contribution is -0.148. The van der Waals surface area contributed by atoms with Gasteiger partial charge in [0.15, 0.2) is 0 Å². The molecule has 2 atom stereocenters. The molecule has 6 heteroatoms. The normalized spacial score (nSPS) is 24.4. The maximum atomic E-state index is 13.0. The van der Waals surface area contributed by atoms with Crippen LogP contribution in [0.3, 0.4) is 0 Å². The fourth-order valence-corrected chi connectivity index (χ4v) is 5.32. The van der Waals surface area contributed by atoms with Crippen LogP contribution in [0.25, 0.3) is 10.4 Å². The Morgan fingerprint density at radius 1 is 1.24 bits per heavy atom. The van der Waals surface area contributed by atoms with Gasteiger partial charge in [-0.1, -0.05) is 30.3 Å². The van der Waals surface area contributed by atoms with E-state index in [1.165, 1.54) is 10.4 Å². The highest BCUT2D eigenvalue weighted by Crippen LogP contribution is 2.36. The summed E-state index contributed by atoms with van der Waals surface area (Å²) in [4.78, 5) is 29.0. The predicted molar refractivity (Wildman–Crippen MR) is 115 cm³/mol. The van der Waals surface area contributed by atoms with Crippen molar-refractivity contribution in [3.8, 4) is 10.4 Å². The number of ether oxygens (including phenoxy) is 1. The van der Waals surface area contributed by atoms with Crippen LogP contribution in [-0.4, -0.2) is 49.6 Å². The van der Waals surface area contributed by atoms with Crippen LogP contribution >= 0.6 is 11.3 Å². The molecule has 1 N–H and O–H groups in total. The SMILES string of the molecule is CNC(=O)[C@@]1(Cc2ccc(-c3cccs3)cc2)CCCN(C(=O)[C@H]2CCCO2)C1. The smallest absolute Gasteiger partial charge is 0.251 e. The van der Waals surface area contributed by atoms with Gasteiger partial charge in [-0.25, -0.2) is 0 Å². The third kappa shape index (κ3) is 4.23. The van der Waals surface area contributed by atoms with Crippen LogP contribution in [0.15, 0.2) is 41.8 Å². The summed E-state index contributed by atoms with van der Waals surface area (Å²) in [7, 11) is 1.69. The van der Waals surface area contributed by atoms with Crippen molar-refractivity contribution in [3.63, 3.8) is 0 Å². The maximum absolute atomic E-state index is 13.0. The number of nitrogens with one attached hydrogen (secondary N) is 1. The van der Waals surface area contributed by atoms with Crippen LogP contribution in [0.4, 0.5) is 0 Å². The molecular weight excluding hydrogens is 384 g/mol. The van der Waals surface area contributed by atoms with Gasteiger partial charge in [0.1, 0.15) is 6.10 Å². The van der Waals surface area contributed by atoms with Crippen molar-refractivity contribution in [1.82, 2.24) is 10.2 Å². The standard InChI is InChI=1S/C23H28N2O3S/c1-24-22(27)23(11-4-12-25(16-23)21(26)19-5-2-13-28-19)15-17-7-9-18(10-8-17)20-6-3-14-29-20/h3,6-10,14,19H,2,4-5,11-13,15-16H2,1H3,(H,24,27)/t19-,23-/m1/s1. The Bertz CT molecular complexity index is 844. The van der Waals surface area contributed by atoms with Gasteiger partial charge in [0.25, 0.3) is 5.91 Å². The van der Waals surface area contributed by atoms with Crippen LogP contribution in [-0.2, 0) is 20.7 Å². The molecule has 154 valence electrons. The molecule has 2 saturated heterocycles. The van der Waals surface area contributed by atoms with Crippen LogP contribution in [0.5, 0.6) is 0 Å². The minimum atomic E-state index is -0.592. The Labute approximate surface area is 176 Å². The molecule has 2 fully saturated rings. The number of carbonyl (C=O) groups is 2. The van der Waals surface area contributed by atoms with E-state index >= 15 is 0 Å². The highest BCUT2D eigenvalue weighted by Gasteiger charge is 2.44. The molecule has 2 aliphatic heterocycles. The van der Waals surface area contributed by atoms with Crippen molar-refractivity contribution in [2.45, 2.75) is 38.2 Å². The number of thiophene rings is 1. The Kier molecular flexibility index (Phi) is 6.01. The van der Waals surface area contributed by atoms with Crippen molar-refractivity contribution in [2.75, 3.05) is 26.7 Å². The molecule has 2 aromatic rings. The Hall–Kier alpha value is -2.18. The number of hydrogen-bond donors (Lipinski definition) is 1. The predicted octanol–water partition coefficient (Wildman–Crippen LogP) is 3.49. The number of carbonyl (C=O) groups excluding carboxylic acids is 2. The number of likely N-dealkylation sites (tertiary alicyclic amines) is 1. The zero-order chi connectivity index (χ0) is 20.3. The van der Waals surface area contributed by atoms with Gasteiger partial charge < -0.3 is 15.0 Å². The fraction of sp³-hybridized carbons (Fsp3) is 0.478. The first-order valence-electron chi connectivity index (χ1n) is 10.4. The van der Waals surface area contributed by atoms with Crippen molar-refractivity contribution < 1.29 is 14.3 Å². The molecule has 2 amide bonds. The highest BCUT2D eigenvalue weighted by atomic mass is 32.1. The fourth-order valence-electron chi connectivity index (χ4n) is 4.59. The second-order valence-corrected chi connectivity index (χ2v) is 9.02. The first kappa shape index (κ1) is 20.1. The van der Waals surface area contributed by atoms with Gasteiger partial charge >= 0.3 is 0 Å². The van der Waals surface area contributed by atoms with E-state index in [0.29, 0.717) is 26.1 Å². The Morgan fingerprint density at radius 3 is 2.72 bits per heavy atom. The van der Waals surface area contributed by atoms with E-state index in [1.807, 2.05) is 4.90 Å². The minimum absolute atomic E-state index is 0.0182. The van der Waals surface area contributed by atoms with Crippen molar-refractivity contribution >= 4 is 23.2 Å². The molecule has 4 rings (SSSR count). The van der Waals surface area contributed by atoms with Crippen molar-refractivity contribution in [2.24, 2.45) is 5.41 Å². The van der Waals surface area contributed by atoms with E-state index in [9.17, 15) is 9.59 Å². The summed E-state index contributed by atoms with van der Waals surface area (Å²) in [5.41, 5.74) is 1.73. The van der Waals surface area contributed by atoms with E-state index in [2.05, 4.69) is 47.1 Å². The molecule has 1 aromatic heterocycles. The zero-order valence-corrected chi connectivity index (χ0v) is 17.7. The summed E-state index contributed by atoms with van der Waals surface area (Å²) in [6, 6.07) is 12.6. The summed E-state index contributed by atoms with van der Waals surface area (Å²) in [5.74, 6) is 0.0631.